The van der Waals surface area contributed by atoms with Crippen molar-refractivity contribution in [3.8, 4) is 0 Å². The molecule has 0 fully saturated rings. The van der Waals surface area contributed by atoms with E-state index in [0.29, 0.717) is 13.2 Å². The predicted molar refractivity (Wildman–Crippen MR) is 68.6 cm³/mol. The molecule has 3 nitrogen and oxygen atoms in total. The van der Waals surface area contributed by atoms with Crippen LogP contribution in [0.5, 0.6) is 0 Å². The lowest BCUT2D eigenvalue weighted by atomic mass is 10.2. The molecule has 0 aromatic heterocycles. The second-order valence-corrected chi connectivity index (χ2v) is 3.94. The summed E-state index contributed by atoms with van der Waals surface area (Å²) in [6, 6.07) is 10.0. The molecule has 1 aromatic carbocycles. The molecule has 0 heterocycles. The van der Waals surface area contributed by atoms with Crippen LogP contribution in [-0.4, -0.2) is 30.6 Å². The van der Waals surface area contributed by atoms with E-state index in [0.717, 1.165) is 18.5 Å². The van der Waals surface area contributed by atoms with Crippen molar-refractivity contribution in [1.29, 1.82) is 0 Å². The molecular weight excluding hydrogens is 214 g/mol. The molecule has 0 saturated carbocycles. The largest absolute Gasteiger partial charge is 0.372 e. The first-order chi connectivity index (χ1) is 8.27. The van der Waals surface area contributed by atoms with Crippen LogP contribution in [0.4, 0.5) is 0 Å². The first kappa shape index (κ1) is 13.7. The third-order valence-electron chi connectivity index (χ3n) is 2.49. The van der Waals surface area contributed by atoms with Gasteiger partial charge in [-0.15, -0.1) is 0 Å². The SMILES string of the molecule is CCCN(Cc1ccccc1)C(=O)COCC. The third-order valence-corrected chi connectivity index (χ3v) is 2.49. The zero-order valence-corrected chi connectivity index (χ0v) is 10.7. The van der Waals surface area contributed by atoms with Crippen LogP contribution in [0.3, 0.4) is 0 Å². The monoisotopic (exact) mass is 235 g/mol. The summed E-state index contributed by atoms with van der Waals surface area (Å²) in [6.07, 6.45) is 0.963. The number of benzene rings is 1. The Labute approximate surface area is 103 Å². The van der Waals surface area contributed by atoms with Crippen molar-refractivity contribution in [2.45, 2.75) is 26.8 Å². The van der Waals surface area contributed by atoms with E-state index in [9.17, 15) is 4.79 Å². The molecule has 1 amide bonds. The fourth-order valence-corrected chi connectivity index (χ4v) is 1.65. The van der Waals surface area contributed by atoms with E-state index in [2.05, 4.69) is 6.92 Å². The number of hydrogen-bond acceptors (Lipinski definition) is 2. The van der Waals surface area contributed by atoms with Gasteiger partial charge in [0.2, 0.25) is 5.91 Å². The van der Waals surface area contributed by atoms with Crippen molar-refractivity contribution in [3.63, 3.8) is 0 Å². The quantitative estimate of drug-likeness (QED) is 0.726. The second kappa shape index (κ2) is 7.85. The lowest BCUT2D eigenvalue weighted by Crippen LogP contribution is -2.34. The van der Waals surface area contributed by atoms with Gasteiger partial charge >= 0.3 is 0 Å². The Bertz CT molecular complexity index is 324. The average molecular weight is 235 g/mol. The lowest BCUT2D eigenvalue weighted by molar-refractivity contribution is -0.136. The Morgan fingerprint density at radius 2 is 1.94 bits per heavy atom. The summed E-state index contributed by atoms with van der Waals surface area (Å²) in [5.41, 5.74) is 1.16. The highest BCUT2D eigenvalue weighted by Crippen LogP contribution is 2.05. The van der Waals surface area contributed by atoms with Crippen LogP contribution in [0, 0.1) is 0 Å². The Kier molecular flexibility index (Phi) is 6.33. The molecule has 0 aliphatic rings. The van der Waals surface area contributed by atoms with Gasteiger partial charge in [-0.05, 0) is 18.9 Å². The Morgan fingerprint density at radius 1 is 1.24 bits per heavy atom. The van der Waals surface area contributed by atoms with Crippen LogP contribution in [0.15, 0.2) is 30.3 Å². The van der Waals surface area contributed by atoms with E-state index in [-0.39, 0.29) is 12.5 Å². The van der Waals surface area contributed by atoms with Gasteiger partial charge in [0.15, 0.2) is 0 Å². The summed E-state index contributed by atoms with van der Waals surface area (Å²) >= 11 is 0. The van der Waals surface area contributed by atoms with Crippen LogP contribution >= 0.6 is 0 Å². The molecule has 94 valence electrons. The summed E-state index contributed by atoms with van der Waals surface area (Å²) < 4.78 is 5.17. The number of carbonyl (C=O) groups is 1. The van der Waals surface area contributed by atoms with E-state index in [1.54, 1.807) is 0 Å². The normalized spacial score (nSPS) is 10.2. The van der Waals surface area contributed by atoms with E-state index in [1.807, 2.05) is 42.2 Å². The lowest BCUT2D eigenvalue weighted by Gasteiger charge is -2.22. The standard InChI is InChI=1S/C14H21NO2/c1-3-10-15(14(16)12-17-4-2)11-13-8-6-5-7-9-13/h5-9H,3-4,10-12H2,1-2H3. The highest BCUT2D eigenvalue weighted by Gasteiger charge is 2.12. The van der Waals surface area contributed by atoms with E-state index < -0.39 is 0 Å². The summed E-state index contributed by atoms with van der Waals surface area (Å²) in [6.45, 7) is 6.18. The van der Waals surface area contributed by atoms with Crippen molar-refractivity contribution < 1.29 is 9.53 Å². The zero-order chi connectivity index (χ0) is 12.5. The van der Waals surface area contributed by atoms with Gasteiger partial charge in [0.25, 0.3) is 0 Å². The number of amides is 1. The van der Waals surface area contributed by atoms with Gasteiger partial charge in [0.1, 0.15) is 6.61 Å². The van der Waals surface area contributed by atoms with E-state index in [4.69, 9.17) is 4.74 Å². The summed E-state index contributed by atoms with van der Waals surface area (Å²) in [5, 5.41) is 0. The minimum atomic E-state index is 0.0672. The molecule has 1 aromatic rings. The van der Waals surface area contributed by atoms with Crippen molar-refractivity contribution >= 4 is 5.91 Å². The smallest absolute Gasteiger partial charge is 0.248 e. The van der Waals surface area contributed by atoms with Gasteiger partial charge in [-0.3, -0.25) is 4.79 Å². The van der Waals surface area contributed by atoms with Gasteiger partial charge in [-0.2, -0.15) is 0 Å². The predicted octanol–water partition coefficient (Wildman–Crippen LogP) is 2.46. The first-order valence-electron chi connectivity index (χ1n) is 6.17. The number of rotatable bonds is 7. The van der Waals surface area contributed by atoms with Crippen LogP contribution in [0.1, 0.15) is 25.8 Å². The second-order valence-electron chi connectivity index (χ2n) is 3.94. The Hall–Kier alpha value is -1.35. The number of carbonyl (C=O) groups excluding carboxylic acids is 1. The third kappa shape index (κ3) is 5.00. The fourth-order valence-electron chi connectivity index (χ4n) is 1.65. The van der Waals surface area contributed by atoms with Crippen LogP contribution in [0.2, 0.25) is 0 Å². The maximum atomic E-state index is 11.9. The number of hydrogen-bond donors (Lipinski definition) is 0. The van der Waals surface area contributed by atoms with Crippen molar-refractivity contribution in [2.24, 2.45) is 0 Å². The summed E-state index contributed by atoms with van der Waals surface area (Å²) in [7, 11) is 0. The number of nitrogens with zero attached hydrogens (tertiary/aromatic N) is 1. The van der Waals surface area contributed by atoms with E-state index in [1.165, 1.54) is 0 Å². The topological polar surface area (TPSA) is 29.5 Å². The van der Waals surface area contributed by atoms with Gasteiger partial charge in [0.05, 0.1) is 0 Å². The minimum absolute atomic E-state index is 0.0672. The summed E-state index contributed by atoms with van der Waals surface area (Å²) in [5.74, 6) is 0.0672. The summed E-state index contributed by atoms with van der Waals surface area (Å²) in [4.78, 5) is 13.7. The molecule has 0 atom stereocenters. The zero-order valence-electron chi connectivity index (χ0n) is 10.7. The molecule has 17 heavy (non-hydrogen) atoms. The van der Waals surface area contributed by atoms with Gasteiger partial charge in [-0.1, -0.05) is 37.3 Å². The Morgan fingerprint density at radius 3 is 2.53 bits per heavy atom. The Balaban J connectivity index is 2.56. The molecule has 0 radical (unpaired) electrons. The molecule has 0 aliphatic carbocycles. The maximum absolute atomic E-state index is 11.9. The maximum Gasteiger partial charge on any atom is 0.248 e. The molecule has 0 bridgehead atoms. The molecule has 0 spiro atoms. The number of ether oxygens (including phenoxy) is 1. The molecule has 0 unspecified atom stereocenters. The molecule has 1 rings (SSSR count). The van der Waals surface area contributed by atoms with Crippen LogP contribution in [0.25, 0.3) is 0 Å². The van der Waals surface area contributed by atoms with Gasteiger partial charge < -0.3 is 9.64 Å². The molecule has 0 N–H and O–H groups in total. The van der Waals surface area contributed by atoms with E-state index >= 15 is 0 Å². The van der Waals surface area contributed by atoms with Crippen molar-refractivity contribution in [3.05, 3.63) is 35.9 Å². The average Bonchev–Trinajstić information content (AvgIpc) is 2.36. The van der Waals surface area contributed by atoms with Crippen molar-refractivity contribution in [2.75, 3.05) is 19.8 Å². The first-order valence-corrected chi connectivity index (χ1v) is 6.17. The highest BCUT2D eigenvalue weighted by atomic mass is 16.5. The molecule has 3 heteroatoms. The highest BCUT2D eigenvalue weighted by molar-refractivity contribution is 5.77. The fraction of sp³-hybridized carbons (Fsp3) is 0.500. The molecule has 0 saturated heterocycles. The minimum Gasteiger partial charge on any atom is -0.372 e. The van der Waals surface area contributed by atoms with Gasteiger partial charge in [-0.25, -0.2) is 0 Å². The molecular formula is C14H21NO2. The van der Waals surface area contributed by atoms with Crippen molar-refractivity contribution in [1.82, 2.24) is 4.90 Å². The van der Waals surface area contributed by atoms with Crippen LogP contribution < -0.4 is 0 Å². The van der Waals surface area contributed by atoms with Crippen LogP contribution in [-0.2, 0) is 16.1 Å². The molecule has 0 aliphatic heterocycles. The van der Waals surface area contributed by atoms with Gasteiger partial charge in [0, 0.05) is 19.7 Å².